The van der Waals surface area contributed by atoms with Crippen molar-refractivity contribution in [2.45, 2.75) is 45.2 Å². The lowest BCUT2D eigenvalue weighted by Crippen LogP contribution is -2.53. The first-order valence-corrected chi connectivity index (χ1v) is 8.83. The van der Waals surface area contributed by atoms with Crippen molar-refractivity contribution >= 4 is 11.8 Å². The van der Waals surface area contributed by atoms with Crippen LogP contribution in [0.15, 0.2) is 24.3 Å². The molecule has 2 amide bonds. The Bertz CT molecular complexity index is 650. The van der Waals surface area contributed by atoms with Crippen molar-refractivity contribution in [3.8, 4) is 6.07 Å². The average molecular weight is 342 g/mol. The molecule has 1 heterocycles. The number of carbonyl (C=O) groups is 2. The first-order valence-electron chi connectivity index (χ1n) is 8.83. The Kier molecular flexibility index (Phi) is 6.54. The molecule has 0 spiro atoms. The SMILES string of the molecule is CCC(=O)N1CC[C@H](N[C@@H](C(N)=O)c2ccc(C#N)cc2)[C@H](CC)C1. The number of amides is 2. The number of hydrogen-bond donors (Lipinski definition) is 2. The van der Waals surface area contributed by atoms with Crippen LogP contribution in [-0.2, 0) is 9.59 Å². The van der Waals surface area contributed by atoms with Gasteiger partial charge in [0.15, 0.2) is 0 Å². The molecular formula is C19H26N4O2. The summed E-state index contributed by atoms with van der Waals surface area (Å²) in [7, 11) is 0. The number of carbonyl (C=O) groups excluding carboxylic acids is 2. The van der Waals surface area contributed by atoms with Crippen molar-refractivity contribution in [3.05, 3.63) is 35.4 Å². The second kappa shape index (κ2) is 8.63. The minimum absolute atomic E-state index is 0.124. The molecule has 2 rings (SSSR count). The van der Waals surface area contributed by atoms with Crippen molar-refractivity contribution in [1.82, 2.24) is 10.2 Å². The third kappa shape index (κ3) is 4.58. The molecule has 0 bridgehead atoms. The largest absolute Gasteiger partial charge is 0.368 e. The quantitative estimate of drug-likeness (QED) is 0.822. The number of hydrogen-bond acceptors (Lipinski definition) is 4. The molecule has 1 aromatic carbocycles. The van der Waals surface area contributed by atoms with Gasteiger partial charge in [0, 0.05) is 25.6 Å². The Morgan fingerprint density at radius 1 is 1.36 bits per heavy atom. The molecule has 0 saturated carbocycles. The van der Waals surface area contributed by atoms with E-state index < -0.39 is 11.9 Å². The molecule has 0 radical (unpaired) electrons. The smallest absolute Gasteiger partial charge is 0.239 e. The van der Waals surface area contributed by atoms with E-state index in [9.17, 15) is 9.59 Å². The Hall–Kier alpha value is -2.39. The zero-order valence-corrected chi connectivity index (χ0v) is 14.9. The molecule has 6 nitrogen and oxygen atoms in total. The van der Waals surface area contributed by atoms with Gasteiger partial charge >= 0.3 is 0 Å². The normalized spacial score (nSPS) is 21.4. The highest BCUT2D eigenvalue weighted by Crippen LogP contribution is 2.24. The van der Waals surface area contributed by atoms with Crippen LogP contribution in [0.3, 0.4) is 0 Å². The molecule has 6 heteroatoms. The van der Waals surface area contributed by atoms with E-state index in [2.05, 4.69) is 18.3 Å². The highest BCUT2D eigenvalue weighted by molar-refractivity contribution is 5.81. The number of nitrogens with two attached hydrogens (primary N) is 1. The molecule has 134 valence electrons. The predicted octanol–water partition coefficient (Wildman–Crippen LogP) is 1.71. The van der Waals surface area contributed by atoms with Crippen LogP contribution in [0.4, 0.5) is 0 Å². The fourth-order valence-corrected chi connectivity index (χ4v) is 3.42. The Labute approximate surface area is 149 Å². The maximum atomic E-state index is 12.0. The second-order valence-corrected chi connectivity index (χ2v) is 6.49. The zero-order chi connectivity index (χ0) is 18.4. The molecule has 0 unspecified atom stereocenters. The van der Waals surface area contributed by atoms with Gasteiger partial charge in [-0.3, -0.25) is 14.9 Å². The third-order valence-corrected chi connectivity index (χ3v) is 4.95. The summed E-state index contributed by atoms with van der Waals surface area (Å²) in [4.78, 5) is 25.8. The molecule has 1 aliphatic rings. The van der Waals surface area contributed by atoms with E-state index in [4.69, 9.17) is 11.0 Å². The van der Waals surface area contributed by atoms with Crippen molar-refractivity contribution in [2.75, 3.05) is 13.1 Å². The first-order chi connectivity index (χ1) is 12.0. The Morgan fingerprint density at radius 3 is 2.56 bits per heavy atom. The van der Waals surface area contributed by atoms with Gasteiger partial charge in [-0.15, -0.1) is 0 Å². The fraction of sp³-hybridized carbons (Fsp3) is 0.526. The van der Waals surface area contributed by atoms with E-state index in [1.807, 2.05) is 11.8 Å². The van der Waals surface area contributed by atoms with Crippen molar-refractivity contribution in [3.63, 3.8) is 0 Å². The molecule has 0 aromatic heterocycles. The number of benzene rings is 1. The zero-order valence-electron chi connectivity index (χ0n) is 14.9. The summed E-state index contributed by atoms with van der Waals surface area (Å²) in [6.45, 7) is 5.38. The van der Waals surface area contributed by atoms with Crippen LogP contribution < -0.4 is 11.1 Å². The van der Waals surface area contributed by atoms with Crippen LogP contribution in [0, 0.1) is 17.2 Å². The van der Waals surface area contributed by atoms with Gasteiger partial charge in [-0.1, -0.05) is 32.4 Å². The molecular weight excluding hydrogens is 316 g/mol. The number of likely N-dealkylation sites (tertiary alicyclic amines) is 1. The van der Waals surface area contributed by atoms with Crippen molar-refractivity contribution in [2.24, 2.45) is 11.7 Å². The maximum Gasteiger partial charge on any atom is 0.239 e. The summed E-state index contributed by atoms with van der Waals surface area (Å²) in [5.74, 6) is 0.0200. The van der Waals surface area contributed by atoms with Gasteiger partial charge in [0.1, 0.15) is 6.04 Å². The van der Waals surface area contributed by atoms with Gasteiger partial charge in [-0.2, -0.15) is 5.26 Å². The van der Waals surface area contributed by atoms with Crippen molar-refractivity contribution in [1.29, 1.82) is 5.26 Å². The average Bonchev–Trinajstić information content (AvgIpc) is 2.65. The Balaban J connectivity index is 2.12. The predicted molar refractivity (Wildman–Crippen MR) is 95.3 cm³/mol. The number of nitriles is 1. The summed E-state index contributed by atoms with van der Waals surface area (Å²) < 4.78 is 0. The van der Waals surface area contributed by atoms with E-state index in [-0.39, 0.29) is 17.9 Å². The first kappa shape index (κ1) is 18.9. The van der Waals surface area contributed by atoms with Crippen LogP contribution in [0.25, 0.3) is 0 Å². The van der Waals surface area contributed by atoms with Gasteiger partial charge in [0.2, 0.25) is 11.8 Å². The lowest BCUT2D eigenvalue weighted by Gasteiger charge is -2.40. The fourth-order valence-electron chi connectivity index (χ4n) is 3.42. The molecule has 0 aliphatic carbocycles. The van der Waals surface area contributed by atoms with Gasteiger partial charge in [-0.25, -0.2) is 0 Å². The topological polar surface area (TPSA) is 99.2 Å². The standard InChI is InChI=1S/C19H26N4O2/c1-3-14-12-23(17(24)4-2)10-9-16(14)22-18(19(21)25)15-7-5-13(11-20)6-8-15/h5-8,14,16,18,22H,3-4,9-10,12H2,1-2H3,(H2,21,25)/t14-,16+,18-/m1/s1. The van der Waals surface area contributed by atoms with Crippen molar-refractivity contribution < 1.29 is 9.59 Å². The number of rotatable bonds is 6. The Morgan fingerprint density at radius 2 is 2.04 bits per heavy atom. The second-order valence-electron chi connectivity index (χ2n) is 6.49. The number of primary amides is 1. The lowest BCUT2D eigenvalue weighted by molar-refractivity contribution is -0.133. The summed E-state index contributed by atoms with van der Waals surface area (Å²) in [5, 5.41) is 12.3. The van der Waals surface area contributed by atoms with E-state index >= 15 is 0 Å². The van der Waals surface area contributed by atoms with Gasteiger partial charge in [-0.05, 0) is 30.0 Å². The third-order valence-electron chi connectivity index (χ3n) is 4.95. The molecule has 1 aliphatic heterocycles. The molecule has 1 aromatic rings. The summed E-state index contributed by atoms with van der Waals surface area (Å²) >= 11 is 0. The van der Waals surface area contributed by atoms with E-state index in [1.165, 1.54) is 0 Å². The van der Waals surface area contributed by atoms with Crippen LogP contribution in [-0.4, -0.2) is 35.8 Å². The minimum Gasteiger partial charge on any atom is -0.368 e. The van der Waals surface area contributed by atoms with Crippen LogP contribution >= 0.6 is 0 Å². The van der Waals surface area contributed by atoms with Crippen LogP contribution in [0.2, 0.25) is 0 Å². The number of piperidine rings is 1. The molecule has 1 fully saturated rings. The molecule has 3 atom stereocenters. The van der Waals surface area contributed by atoms with E-state index in [0.717, 1.165) is 18.4 Å². The molecule has 25 heavy (non-hydrogen) atoms. The highest BCUT2D eigenvalue weighted by Gasteiger charge is 2.32. The molecule has 3 N–H and O–H groups in total. The van der Waals surface area contributed by atoms with Crippen LogP contribution in [0.5, 0.6) is 0 Å². The summed E-state index contributed by atoms with van der Waals surface area (Å²) in [6.07, 6.45) is 2.23. The maximum absolute atomic E-state index is 12.0. The van der Waals surface area contributed by atoms with E-state index in [0.29, 0.717) is 25.1 Å². The van der Waals surface area contributed by atoms with Gasteiger partial charge in [0.25, 0.3) is 0 Å². The monoisotopic (exact) mass is 342 g/mol. The number of nitrogens with one attached hydrogen (secondary N) is 1. The van der Waals surface area contributed by atoms with Gasteiger partial charge in [0.05, 0.1) is 11.6 Å². The summed E-state index contributed by atoms with van der Waals surface area (Å²) in [6, 6.07) is 8.49. The highest BCUT2D eigenvalue weighted by atomic mass is 16.2. The molecule has 1 saturated heterocycles. The lowest BCUT2D eigenvalue weighted by atomic mass is 9.88. The van der Waals surface area contributed by atoms with Gasteiger partial charge < -0.3 is 10.6 Å². The minimum atomic E-state index is -0.597. The van der Waals surface area contributed by atoms with Crippen LogP contribution in [0.1, 0.15) is 50.3 Å². The van der Waals surface area contributed by atoms with E-state index in [1.54, 1.807) is 24.3 Å². The summed E-state index contributed by atoms with van der Waals surface area (Å²) in [5.41, 5.74) is 6.91. The number of nitrogens with zero attached hydrogens (tertiary/aromatic N) is 2.